The van der Waals surface area contributed by atoms with Crippen molar-refractivity contribution in [1.29, 1.82) is 0 Å². The third-order valence-electron chi connectivity index (χ3n) is 2.90. The SMILES string of the molecule is CCN(C(=O)c1ccnc(N)c1)c1cccc(C)c1. The second-order valence-corrected chi connectivity index (χ2v) is 4.36. The molecule has 0 saturated carbocycles. The molecule has 0 spiro atoms. The van der Waals surface area contributed by atoms with Crippen LogP contribution in [0.1, 0.15) is 22.8 Å². The Bertz CT molecular complexity index is 595. The summed E-state index contributed by atoms with van der Waals surface area (Å²) in [5, 5.41) is 0. The van der Waals surface area contributed by atoms with Gasteiger partial charge in [-0.3, -0.25) is 4.79 Å². The van der Waals surface area contributed by atoms with Crippen LogP contribution < -0.4 is 10.6 Å². The molecule has 2 rings (SSSR count). The molecule has 2 N–H and O–H groups in total. The van der Waals surface area contributed by atoms with Gasteiger partial charge < -0.3 is 10.6 Å². The van der Waals surface area contributed by atoms with Gasteiger partial charge in [0.15, 0.2) is 0 Å². The molecule has 4 heteroatoms. The number of nitrogens with zero attached hydrogens (tertiary/aromatic N) is 2. The number of benzene rings is 1. The first-order valence-corrected chi connectivity index (χ1v) is 6.22. The molecule has 1 aromatic heterocycles. The van der Waals surface area contributed by atoms with Crippen LogP contribution in [-0.2, 0) is 0 Å². The highest BCUT2D eigenvalue weighted by molar-refractivity contribution is 6.06. The smallest absolute Gasteiger partial charge is 0.258 e. The molecule has 0 bridgehead atoms. The largest absolute Gasteiger partial charge is 0.384 e. The van der Waals surface area contributed by atoms with Crippen molar-refractivity contribution in [3.8, 4) is 0 Å². The van der Waals surface area contributed by atoms with E-state index in [1.54, 1.807) is 23.2 Å². The summed E-state index contributed by atoms with van der Waals surface area (Å²) in [6.45, 7) is 4.56. The van der Waals surface area contributed by atoms with Crippen LogP contribution in [0.25, 0.3) is 0 Å². The average Bonchev–Trinajstić information content (AvgIpc) is 2.39. The standard InChI is InChI=1S/C15H17N3O/c1-3-18(13-6-4-5-11(2)9-13)15(19)12-7-8-17-14(16)10-12/h4-10H,3H2,1-2H3,(H2,16,17). The molecule has 0 fully saturated rings. The molecule has 19 heavy (non-hydrogen) atoms. The summed E-state index contributed by atoms with van der Waals surface area (Å²) in [7, 11) is 0. The minimum Gasteiger partial charge on any atom is -0.384 e. The molecule has 0 atom stereocenters. The normalized spacial score (nSPS) is 10.2. The third kappa shape index (κ3) is 2.91. The minimum atomic E-state index is -0.0674. The second-order valence-electron chi connectivity index (χ2n) is 4.36. The van der Waals surface area contributed by atoms with E-state index < -0.39 is 0 Å². The maximum atomic E-state index is 12.5. The Morgan fingerprint density at radius 3 is 2.74 bits per heavy atom. The zero-order valence-corrected chi connectivity index (χ0v) is 11.1. The van der Waals surface area contributed by atoms with Crippen LogP contribution in [0.3, 0.4) is 0 Å². The lowest BCUT2D eigenvalue weighted by molar-refractivity contribution is 0.0988. The van der Waals surface area contributed by atoms with Gasteiger partial charge in [-0.25, -0.2) is 4.98 Å². The average molecular weight is 255 g/mol. The third-order valence-corrected chi connectivity index (χ3v) is 2.90. The number of anilines is 2. The van der Waals surface area contributed by atoms with E-state index >= 15 is 0 Å². The number of hydrogen-bond acceptors (Lipinski definition) is 3. The quantitative estimate of drug-likeness (QED) is 0.917. The molecule has 0 saturated heterocycles. The Labute approximate surface area is 112 Å². The van der Waals surface area contributed by atoms with E-state index in [1.165, 1.54) is 0 Å². The lowest BCUT2D eigenvalue weighted by atomic mass is 10.1. The number of amides is 1. The first-order chi connectivity index (χ1) is 9.11. The van der Waals surface area contributed by atoms with Crippen molar-refractivity contribution in [2.45, 2.75) is 13.8 Å². The Balaban J connectivity index is 2.34. The van der Waals surface area contributed by atoms with Crippen LogP contribution >= 0.6 is 0 Å². The maximum Gasteiger partial charge on any atom is 0.258 e. The molecular weight excluding hydrogens is 238 g/mol. The molecule has 0 aliphatic rings. The van der Waals surface area contributed by atoms with Gasteiger partial charge in [0.25, 0.3) is 5.91 Å². The maximum absolute atomic E-state index is 12.5. The summed E-state index contributed by atoms with van der Waals surface area (Å²) in [5.41, 5.74) is 8.19. The molecule has 0 aliphatic carbocycles. The molecule has 1 aromatic carbocycles. The van der Waals surface area contributed by atoms with Crippen LogP contribution in [0.2, 0.25) is 0 Å². The molecule has 98 valence electrons. The Morgan fingerprint density at radius 2 is 2.11 bits per heavy atom. The van der Waals surface area contributed by atoms with Crippen LogP contribution in [0.5, 0.6) is 0 Å². The van der Waals surface area contributed by atoms with Crippen molar-refractivity contribution in [3.63, 3.8) is 0 Å². The fourth-order valence-corrected chi connectivity index (χ4v) is 1.98. The fraction of sp³-hybridized carbons (Fsp3) is 0.200. The lowest BCUT2D eigenvalue weighted by Crippen LogP contribution is -2.30. The molecule has 1 heterocycles. The number of pyridine rings is 1. The number of aromatic nitrogens is 1. The Kier molecular flexibility index (Phi) is 3.80. The molecule has 0 unspecified atom stereocenters. The van der Waals surface area contributed by atoms with Gasteiger partial charge in [-0.05, 0) is 43.7 Å². The number of nitrogen functional groups attached to an aromatic ring is 1. The zero-order valence-electron chi connectivity index (χ0n) is 11.1. The van der Waals surface area contributed by atoms with Crippen LogP contribution in [-0.4, -0.2) is 17.4 Å². The van der Waals surface area contributed by atoms with Crippen LogP contribution in [0.15, 0.2) is 42.6 Å². The zero-order chi connectivity index (χ0) is 13.8. The summed E-state index contributed by atoms with van der Waals surface area (Å²) in [6.07, 6.45) is 1.55. The number of carbonyl (C=O) groups excluding carboxylic acids is 1. The number of hydrogen-bond donors (Lipinski definition) is 1. The summed E-state index contributed by atoms with van der Waals surface area (Å²) >= 11 is 0. The first-order valence-electron chi connectivity index (χ1n) is 6.22. The minimum absolute atomic E-state index is 0.0674. The fourth-order valence-electron chi connectivity index (χ4n) is 1.98. The summed E-state index contributed by atoms with van der Waals surface area (Å²) in [4.78, 5) is 18.1. The van der Waals surface area contributed by atoms with Crippen LogP contribution in [0.4, 0.5) is 11.5 Å². The Hall–Kier alpha value is -2.36. The van der Waals surface area contributed by atoms with Crippen molar-refractivity contribution < 1.29 is 4.79 Å². The van der Waals surface area contributed by atoms with Crippen LogP contribution in [0, 0.1) is 6.92 Å². The van der Waals surface area contributed by atoms with Crippen molar-refractivity contribution >= 4 is 17.4 Å². The summed E-state index contributed by atoms with van der Waals surface area (Å²) < 4.78 is 0. The number of aryl methyl sites for hydroxylation is 1. The molecule has 0 radical (unpaired) electrons. The first kappa shape index (κ1) is 13.1. The molecule has 0 aliphatic heterocycles. The van der Waals surface area contributed by atoms with Gasteiger partial charge in [0.05, 0.1) is 0 Å². The Morgan fingerprint density at radius 1 is 1.32 bits per heavy atom. The van der Waals surface area contributed by atoms with Gasteiger partial charge in [-0.15, -0.1) is 0 Å². The molecular formula is C15H17N3O. The van der Waals surface area contributed by atoms with E-state index in [0.29, 0.717) is 17.9 Å². The molecule has 4 nitrogen and oxygen atoms in total. The van der Waals surface area contributed by atoms with E-state index in [0.717, 1.165) is 11.3 Å². The summed E-state index contributed by atoms with van der Waals surface area (Å²) in [6, 6.07) is 11.1. The number of carbonyl (C=O) groups is 1. The van der Waals surface area contributed by atoms with Crippen molar-refractivity contribution in [2.75, 3.05) is 17.2 Å². The van der Waals surface area contributed by atoms with Crippen molar-refractivity contribution in [2.24, 2.45) is 0 Å². The molecule has 2 aromatic rings. The van der Waals surface area contributed by atoms with E-state index in [4.69, 9.17) is 5.73 Å². The molecule has 1 amide bonds. The highest BCUT2D eigenvalue weighted by atomic mass is 16.2. The van der Waals surface area contributed by atoms with Gasteiger partial charge in [0.1, 0.15) is 5.82 Å². The van der Waals surface area contributed by atoms with Crippen molar-refractivity contribution in [3.05, 3.63) is 53.7 Å². The van der Waals surface area contributed by atoms with E-state index in [9.17, 15) is 4.79 Å². The highest BCUT2D eigenvalue weighted by Gasteiger charge is 2.16. The topological polar surface area (TPSA) is 59.2 Å². The van der Waals surface area contributed by atoms with Gasteiger partial charge >= 0.3 is 0 Å². The monoisotopic (exact) mass is 255 g/mol. The van der Waals surface area contributed by atoms with Gasteiger partial charge in [-0.2, -0.15) is 0 Å². The van der Waals surface area contributed by atoms with Crippen molar-refractivity contribution in [1.82, 2.24) is 4.98 Å². The second kappa shape index (κ2) is 5.52. The highest BCUT2D eigenvalue weighted by Crippen LogP contribution is 2.18. The predicted octanol–water partition coefficient (Wildman–Crippen LogP) is 2.64. The number of rotatable bonds is 3. The lowest BCUT2D eigenvalue weighted by Gasteiger charge is -2.21. The van der Waals surface area contributed by atoms with Gasteiger partial charge in [0.2, 0.25) is 0 Å². The number of nitrogens with two attached hydrogens (primary N) is 1. The van der Waals surface area contributed by atoms with Gasteiger partial charge in [-0.1, -0.05) is 12.1 Å². The van der Waals surface area contributed by atoms with Gasteiger partial charge in [0, 0.05) is 24.0 Å². The summed E-state index contributed by atoms with van der Waals surface area (Å²) in [5.74, 6) is 0.286. The van der Waals surface area contributed by atoms with E-state index in [1.807, 2.05) is 38.1 Å². The van der Waals surface area contributed by atoms with E-state index in [2.05, 4.69) is 4.98 Å². The van der Waals surface area contributed by atoms with E-state index in [-0.39, 0.29) is 5.91 Å². The predicted molar refractivity (Wildman–Crippen MR) is 77.2 cm³/mol.